The lowest BCUT2D eigenvalue weighted by atomic mass is 9.88. The molecule has 1 saturated heterocycles. The number of hydrogen-bond donors (Lipinski definition) is 1. The second-order valence-electron chi connectivity index (χ2n) is 9.07. The molecule has 1 aromatic carbocycles. The Morgan fingerprint density at radius 1 is 1.20 bits per heavy atom. The van der Waals surface area contributed by atoms with Crippen molar-refractivity contribution in [1.82, 2.24) is 19.6 Å². The van der Waals surface area contributed by atoms with Crippen LogP contribution in [0.2, 0.25) is 5.15 Å². The molecule has 160 valence electrons. The van der Waals surface area contributed by atoms with Crippen molar-refractivity contribution >= 4 is 23.2 Å². The molecule has 0 atom stereocenters. The van der Waals surface area contributed by atoms with Crippen molar-refractivity contribution in [2.45, 2.75) is 63.7 Å². The molecule has 0 unspecified atom stereocenters. The number of carbonyl (C=O) groups is 1. The molecule has 1 N–H and O–H groups in total. The Balaban J connectivity index is 1.40. The van der Waals surface area contributed by atoms with Crippen LogP contribution < -0.4 is 5.32 Å². The third-order valence-electron chi connectivity index (χ3n) is 7.23. The highest BCUT2D eigenvalue weighted by molar-refractivity contribution is 6.30. The van der Waals surface area contributed by atoms with Crippen molar-refractivity contribution in [1.29, 1.82) is 0 Å². The molecule has 30 heavy (non-hydrogen) atoms. The molecular weight excluding hydrogens is 398 g/mol. The van der Waals surface area contributed by atoms with E-state index in [1.807, 2.05) is 38.2 Å². The number of aryl methyl sites for hydroxylation is 2. The lowest BCUT2D eigenvalue weighted by molar-refractivity contribution is 0.00808. The molecule has 1 saturated carbocycles. The number of anilines is 1. The predicted molar refractivity (Wildman–Crippen MR) is 119 cm³/mol. The molecule has 6 nitrogen and oxygen atoms in total. The molecule has 1 aromatic heterocycles. The third-order valence-corrected chi connectivity index (χ3v) is 7.70. The summed E-state index contributed by atoms with van der Waals surface area (Å²) in [4.78, 5) is 18.3. The van der Waals surface area contributed by atoms with Crippen LogP contribution in [-0.2, 0) is 13.6 Å². The lowest BCUT2D eigenvalue weighted by Gasteiger charge is -2.54. The number of piperidine rings is 1. The first-order chi connectivity index (χ1) is 14.5. The molecular formula is C23H30ClN5O. The number of amides is 1. The Labute approximate surface area is 183 Å². The van der Waals surface area contributed by atoms with E-state index in [0.717, 1.165) is 73.0 Å². The van der Waals surface area contributed by atoms with Crippen LogP contribution in [0.5, 0.6) is 0 Å². The summed E-state index contributed by atoms with van der Waals surface area (Å²) in [7, 11) is 1.89. The zero-order valence-electron chi connectivity index (χ0n) is 17.8. The van der Waals surface area contributed by atoms with Crippen LogP contribution in [-0.4, -0.2) is 50.3 Å². The van der Waals surface area contributed by atoms with Crippen LogP contribution >= 0.6 is 11.6 Å². The maximum Gasteiger partial charge on any atom is 0.258 e. The van der Waals surface area contributed by atoms with E-state index in [0.29, 0.717) is 6.04 Å². The number of aromatic nitrogens is 2. The summed E-state index contributed by atoms with van der Waals surface area (Å²) in [5.41, 5.74) is 3.62. The minimum Gasteiger partial charge on any atom is -0.362 e. The van der Waals surface area contributed by atoms with E-state index >= 15 is 0 Å². The van der Waals surface area contributed by atoms with Crippen LogP contribution in [0, 0.1) is 6.92 Å². The van der Waals surface area contributed by atoms with Gasteiger partial charge in [0.2, 0.25) is 0 Å². The van der Waals surface area contributed by atoms with E-state index in [4.69, 9.17) is 11.6 Å². The fourth-order valence-electron chi connectivity index (χ4n) is 5.62. The third kappa shape index (κ3) is 3.21. The molecule has 1 amide bonds. The van der Waals surface area contributed by atoms with E-state index in [-0.39, 0.29) is 11.6 Å². The number of nitrogens with zero attached hydrogens (tertiary/aromatic N) is 4. The Hall–Kier alpha value is -2.05. The maximum absolute atomic E-state index is 13.6. The SMILES string of the molecule is Cc1nn(C)c(Cl)c1CN1CCC2(CC1)Nc1ccccc1C(=O)N2C1CCCC1. The van der Waals surface area contributed by atoms with E-state index in [2.05, 4.69) is 20.2 Å². The van der Waals surface area contributed by atoms with Gasteiger partial charge in [-0.25, -0.2) is 0 Å². The van der Waals surface area contributed by atoms with Gasteiger partial charge in [0.1, 0.15) is 10.8 Å². The summed E-state index contributed by atoms with van der Waals surface area (Å²) < 4.78 is 1.75. The highest BCUT2D eigenvalue weighted by Gasteiger charge is 2.49. The molecule has 0 radical (unpaired) electrons. The summed E-state index contributed by atoms with van der Waals surface area (Å²) >= 11 is 6.47. The summed E-state index contributed by atoms with van der Waals surface area (Å²) in [6.45, 7) is 4.68. The highest BCUT2D eigenvalue weighted by Crippen LogP contribution is 2.42. The fourth-order valence-corrected chi connectivity index (χ4v) is 5.85. The first-order valence-corrected chi connectivity index (χ1v) is 11.5. The monoisotopic (exact) mass is 427 g/mol. The second kappa shape index (κ2) is 7.57. The normalized spacial score (nSPS) is 21.8. The molecule has 3 aliphatic rings. The standard InChI is InChI=1S/C23H30ClN5O/c1-16-19(21(24)27(2)26-16)15-28-13-11-23(12-14-28)25-20-10-6-5-9-18(20)22(30)29(23)17-7-3-4-8-17/h5-6,9-10,17,25H,3-4,7-8,11-15H2,1-2H3. The molecule has 5 rings (SSSR count). The van der Waals surface area contributed by atoms with Gasteiger partial charge in [-0.15, -0.1) is 0 Å². The lowest BCUT2D eigenvalue weighted by Crippen LogP contribution is -2.66. The quantitative estimate of drug-likeness (QED) is 0.798. The first-order valence-electron chi connectivity index (χ1n) is 11.1. The van der Waals surface area contributed by atoms with Crippen molar-refractivity contribution in [2.75, 3.05) is 18.4 Å². The molecule has 1 aliphatic carbocycles. The van der Waals surface area contributed by atoms with Crippen LogP contribution in [0.4, 0.5) is 5.69 Å². The van der Waals surface area contributed by atoms with Gasteiger partial charge in [-0.1, -0.05) is 36.6 Å². The van der Waals surface area contributed by atoms with Crippen molar-refractivity contribution in [3.63, 3.8) is 0 Å². The average molecular weight is 428 g/mol. The summed E-state index contributed by atoms with van der Waals surface area (Å²) in [6, 6.07) is 8.33. The van der Waals surface area contributed by atoms with Gasteiger partial charge < -0.3 is 10.2 Å². The van der Waals surface area contributed by atoms with Crippen molar-refractivity contribution in [3.8, 4) is 0 Å². The van der Waals surface area contributed by atoms with Gasteiger partial charge in [0, 0.05) is 56.8 Å². The average Bonchev–Trinajstić information content (AvgIpc) is 3.34. The van der Waals surface area contributed by atoms with E-state index < -0.39 is 0 Å². The zero-order chi connectivity index (χ0) is 20.9. The second-order valence-corrected chi connectivity index (χ2v) is 9.43. The molecule has 2 aromatic rings. The summed E-state index contributed by atoms with van der Waals surface area (Å²) in [5.74, 6) is 0.204. The molecule has 2 fully saturated rings. The molecule has 0 bridgehead atoms. The number of rotatable bonds is 3. The fraction of sp³-hybridized carbons (Fsp3) is 0.565. The van der Waals surface area contributed by atoms with Gasteiger partial charge in [-0.2, -0.15) is 5.10 Å². The molecule has 1 spiro atoms. The zero-order valence-corrected chi connectivity index (χ0v) is 18.6. The number of halogens is 1. The maximum atomic E-state index is 13.6. The van der Waals surface area contributed by atoms with Crippen LogP contribution in [0.15, 0.2) is 24.3 Å². The number of hydrogen-bond acceptors (Lipinski definition) is 4. The topological polar surface area (TPSA) is 53.4 Å². The van der Waals surface area contributed by atoms with E-state index in [1.54, 1.807) is 4.68 Å². The van der Waals surface area contributed by atoms with Crippen molar-refractivity contribution in [3.05, 3.63) is 46.2 Å². The van der Waals surface area contributed by atoms with E-state index in [1.165, 1.54) is 12.8 Å². The Bertz CT molecular complexity index is 956. The van der Waals surface area contributed by atoms with Gasteiger partial charge in [-0.3, -0.25) is 14.4 Å². The predicted octanol–water partition coefficient (Wildman–Crippen LogP) is 4.18. The largest absolute Gasteiger partial charge is 0.362 e. The minimum atomic E-state index is -0.287. The van der Waals surface area contributed by atoms with Gasteiger partial charge in [0.15, 0.2) is 0 Å². The number of carbonyl (C=O) groups excluding carboxylic acids is 1. The minimum absolute atomic E-state index is 0.204. The molecule has 3 heterocycles. The van der Waals surface area contributed by atoms with Crippen molar-refractivity contribution < 1.29 is 4.79 Å². The Kier molecular flexibility index (Phi) is 5.02. The van der Waals surface area contributed by atoms with Gasteiger partial charge in [0.25, 0.3) is 5.91 Å². The van der Waals surface area contributed by atoms with Gasteiger partial charge >= 0.3 is 0 Å². The number of para-hydroxylation sites is 1. The summed E-state index contributed by atoms with van der Waals surface area (Å²) in [6.07, 6.45) is 6.51. The van der Waals surface area contributed by atoms with Crippen LogP contribution in [0.3, 0.4) is 0 Å². The number of fused-ring (bicyclic) bond motifs is 1. The highest BCUT2D eigenvalue weighted by atomic mass is 35.5. The molecule has 2 aliphatic heterocycles. The van der Waals surface area contributed by atoms with Crippen molar-refractivity contribution in [2.24, 2.45) is 7.05 Å². The first kappa shape index (κ1) is 19.9. The van der Waals surface area contributed by atoms with E-state index in [9.17, 15) is 4.79 Å². The number of benzene rings is 1. The Morgan fingerprint density at radius 2 is 1.90 bits per heavy atom. The number of nitrogens with one attached hydrogen (secondary N) is 1. The van der Waals surface area contributed by atoms with Crippen LogP contribution in [0.1, 0.15) is 60.1 Å². The molecule has 7 heteroatoms. The van der Waals surface area contributed by atoms with Crippen LogP contribution in [0.25, 0.3) is 0 Å². The van der Waals surface area contributed by atoms with Gasteiger partial charge in [-0.05, 0) is 31.9 Å². The van der Waals surface area contributed by atoms with Gasteiger partial charge in [0.05, 0.1) is 11.3 Å². The summed E-state index contributed by atoms with van der Waals surface area (Å²) in [5, 5.41) is 8.99. The Morgan fingerprint density at radius 3 is 2.57 bits per heavy atom. The number of likely N-dealkylation sites (tertiary alicyclic amines) is 1. The smallest absolute Gasteiger partial charge is 0.258 e.